The molecule has 0 bridgehead atoms. The number of nitrogens with zero attached hydrogens (tertiary/aromatic N) is 1. The Balaban J connectivity index is 1.93. The quantitative estimate of drug-likeness (QED) is 0.924. The average molecular weight is 284 g/mol. The number of rotatable bonds is 3. The van der Waals surface area contributed by atoms with Crippen LogP contribution in [-0.2, 0) is 4.79 Å². The summed E-state index contributed by atoms with van der Waals surface area (Å²) in [6.07, 6.45) is 0.131. The maximum absolute atomic E-state index is 12.1. The number of aliphatic hydroxyl groups is 1. The second kappa shape index (κ2) is 5.39. The molecular formula is C14H18ClNO3. The second-order valence-corrected chi connectivity index (χ2v) is 5.68. The van der Waals surface area contributed by atoms with Gasteiger partial charge in [-0.15, -0.1) is 0 Å². The van der Waals surface area contributed by atoms with Gasteiger partial charge in [0.1, 0.15) is 5.75 Å². The molecule has 1 aliphatic heterocycles. The van der Waals surface area contributed by atoms with Crippen molar-refractivity contribution in [2.45, 2.75) is 31.9 Å². The van der Waals surface area contributed by atoms with Crippen molar-refractivity contribution in [1.29, 1.82) is 0 Å². The van der Waals surface area contributed by atoms with Gasteiger partial charge in [0.15, 0.2) is 6.61 Å². The summed E-state index contributed by atoms with van der Waals surface area (Å²) < 4.78 is 5.43. The number of likely N-dealkylation sites (tertiary alicyclic amines) is 1. The smallest absolute Gasteiger partial charge is 0.261 e. The van der Waals surface area contributed by atoms with Gasteiger partial charge in [0.05, 0.1) is 11.6 Å². The maximum Gasteiger partial charge on any atom is 0.261 e. The predicted octanol–water partition coefficient (Wildman–Crippen LogP) is 2.09. The van der Waals surface area contributed by atoms with E-state index in [0.717, 1.165) is 0 Å². The first-order chi connectivity index (χ1) is 8.91. The van der Waals surface area contributed by atoms with E-state index in [1.54, 1.807) is 29.2 Å². The lowest BCUT2D eigenvalue weighted by atomic mass is 9.99. The standard InChI is InChI=1S/C14H18ClNO3/c1-14(2)12(17)7-8-16(14)13(18)9-19-11-5-3-10(15)4-6-11/h3-6,12,17H,7-9H2,1-2H3. The molecule has 1 heterocycles. The van der Waals surface area contributed by atoms with E-state index in [1.165, 1.54) is 0 Å². The molecule has 0 radical (unpaired) electrons. The molecule has 4 nitrogen and oxygen atoms in total. The fraction of sp³-hybridized carbons (Fsp3) is 0.500. The fourth-order valence-electron chi connectivity index (χ4n) is 2.27. The van der Waals surface area contributed by atoms with Crippen molar-refractivity contribution in [3.63, 3.8) is 0 Å². The molecule has 1 saturated heterocycles. The van der Waals surface area contributed by atoms with Crippen molar-refractivity contribution in [2.75, 3.05) is 13.2 Å². The molecule has 19 heavy (non-hydrogen) atoms. The molecule has 0 aliphatic carbocycles. The lowest BCUT2D eigenvalue weighted by Crippen LogP contribution is -2.49. The van der Waals surface area contributed by atoms with Crippen LogP contribution in [0.15, 0.2) is 24.3 Å². The van der Waals surface area contributed by atoms with Crippen molar-refractivity contribution in [3.8, 4) is 5.75 Å². The van der Waals surface area contributed by atoms with E-state index < -0.39 is 11.6 Å². The number of ether oxygens (including phenoxy) is 1. The molecule has 1 unspecified atom stereocenters. The summed E-state index contributed by atoms with van der Waals surface area (Å²) in [5.41, 5.74) is -0.527. The number of amides is 1. The van der Waals surface area contributed by atoms with Gasteiger partial charge in [0.25, 0.3) is 5.91 Å². The molecule has 1 atom stereocenters. The van der Waals surface area contributed by atoms with Crippen LogP contribution < -0.4 is 4.74 Å². The molecule has 5 heteroatoms. The lowest BCUT2D eigenvalue weighted by molar-refractivity contribution is -0.138. The Morgan fingerprint density at radius 3 is 2.63 bits per heavy atom. The summed E-state index contributed by atoms with van der Waals surface area (Å²) in [5, 5.41) is 10.5. The van der Waals surface area contributed by atoms with Crippen LogP contribution in [0.1, 0.15) is 20.3 Å². The molecule has 0 spiro atoms. The SMILES string of the molecule is CC1(C)C(O)CCN1C(=O)COc1ccc(Cl)cc1. The first kappa shape index (κ1) is 14.2. The van der Waals surface area contributed by atoms with E-state index >= 15 is 0 Å². The van der Waals surface area contributed by atoms with Gasteiger partial charge in [-0.3, -0.25) is 4.79 Å². The number of hydrogen-bond donors (Lipinski definition) is 1. The highest BCUT2D eigenvalue weighted by atomic mass is 35.5. The third kappa shape index (κ3) is 3.01. The molecule has 1 aromatic carbocycles. The Morgan fingerprint density at radius 2 is 2.11 bits per heavy atom. The molecule has 0 saturated carbocycles. The van der Waals surface area contributed by atoms with Crippen LogP contribution in [0.3, 0.4) is 0 Å². The normalized spacial score (nSPS) is 21.5. The van der Waals surface area contributed by atoms with E-state index in [1.807, 2.05) is 13.8 Å². The zero-order valence-electron chi connectivity index (χ0n) is 11.1. The largest absolute Gasteiger partial charge is 0.484 e. The molecule has 104 valence electrons. The van der Waals surface area contributed by atoms with Crippen molar-refractivity contribution >= 4 is 17.5 Å². The monoisotopic (exact) mass is 283 g/mol. The lowest BCUT2D eigenvalue weighted by Gasteiger charge is -2.33. The maximum atomic E-state index is 12.1. The summed E-state index contributed by atoms with van der Waals surface area (Å²) in [6.45, 7) is 4.27. The number of hydrogen-bond acceptors (Lipinski definition) is 3. The third-order valence-electron chi connectivity index (χ3n) is 3.61. The van der Waals surface area contributed by atoms with E-state index in [0.29, 0.717) is 23.7 Å². The van der Waals surface area contributed by atoms with Gasteiger partial charge in [-0.1, -0.05) is 11.6 Å². The van der Waals surface area contributed by atoms with Gasteiger partial charge in [0.2, 0.25) is 0 Å². The summed E-state index contributed by atoms with van der Waals surface area (Å²) in [6, 6.07) is 6.87. The van der Waals surface area contributed by atoms with Crippen LogP contribution in [0.5, 0.6) is 5.75 Å². The minimum absolute atomic E-state index is 0.0300. The number of carbonyl (C=O) groups excluding carboxylic acids is 1. The minimum atomic E-state index is -0.527. The van der Waals surface area contributed by atoms with Gasteiger partial charge >= 0.3 is 0 Å². The minimum Gasteiger partial charge on any atom is -0.484 e. The van der Waals surface area contributed by atoms with Crippen LogP contribution in [0, 0.1) is 0 Å². The van der Waals surface area contributed by atoms with Crippen LogP contribution >= 0.6 is 11.6 Å². The Hall–Kier alpha value is -1.26. The highest BCUT2D eigenvalue weighted by molar-refractivity contribution is 6.30. The van der Waals surface area contributed by atoms with E-state index in [4.69, 9.17) is 16.3 Å². The highest BCUT2D eigenvalue weighted by Crippen LogP contribution is 2.28. The number of carbonyl (C=O) groups is 1. The Bertz CT molecular complexity index is 458. The summed E-state index contributed by atoms with van der Waals surface area (Å²) in [7, 11) is 0. The van der Waals surface area contributed by atoms with Gasteiger partial charge in [-0.25, -0.2) is 0 Å². The van der Waals surface area contributed by atoms with Crippen LogP contribution in [0.25, 0.3) is 0 Å². The number of halogens is 1. The third-order valence-corrected chi connectivity index (χ3v) is 3.87. The average Bonchev–Trinajstić information content (AvgIpc) is 2.63. The molecular weight excluding hydrogens is 266 g/mol. The van der Waals surface area contributed by atoms with Gasteiger partial charge in [-0.2, -0.15) is 0 Å². The molecule has 1 amide bonds. The van der Waals surface area contributed by atoms with Crippen LogP contribution in [-0.4, -0.2) is 40.7 Å². The molecule has 1 N–H and O–H groups in total. The fourth-order valence-corrected chi connectivity index (χ4v) is 2.40. The first-order valence-corrected chi connectivity index (χ1v) is 6.66. The van der Waals surface area contributed by atoms with Crippen molar-refractivity contribution in [3.05, 3.63) is 29.3 Å². The molecule has 2 rings (SSSR count). The molecule has 0 aromatic heterocycles. The topological polar surface area (TPSA) is 49.8 Å². The summed E-state index contributed by atoms with van der Waals surface area (Å²) in [5.74, 6) is 0.492. The first-order valence-electron chi connectivity index (χ1n) is 6.28. The molecule has 1 aromatic rings. The Kier molecular flexibility index (Phi) is 4.02. The van der Waals surface area contributed by atoms with Crippen molar-refractivity contribution in [2.24, 2.45) is 0 Å². The number of benzene rings is 1. The van der Waals surface area contributed by atoms with Gasteiger partial charge < -0.3 is 14.7 Å². The second-order valence-electron chi connectivity index (χ2n) is 5.25. The van der Waals surface area contributed by atoms with E-state index in [9.17, 15) is 9.90 Å². The summed E-state index contributed by atoms with van der Waals surface area (Å²) >= 11 is 5.77. The zero-order chi connectivity index (χ0) is 14.0. The summed E-state index contributed by atoms with van der Waals surface area (Å²) in [4.78, 5) is 13.8. The highest BCUT2D eigenvalue weighted by Gasteiger charge is 2.42. The Labute approximate surface area is 117 Å². The molecule has 1 fully saturated rings. The van der Waals surface area contributed by atoms with Gasteiger partial charge in [-0.05, 0) is 44.5 Å². The van der Waals surface area contributed by atoms with Crippen LogP contribution in [0.4, 0.5) is 0 Å². The number of aliphatic hydroxyl groups excluding tert-OH is 1. The van der Waals surface area contributed by atoms with Crippen LogP contribution in [0.2, 0.25) is 5.02 Å². The Morgan fingerprint density at radius 1 is 1.47 bits per heavy atom. The van der Waals surface area contributed by atoms with E-state index in [2.05, 4.69) is 0 Å². The van der Waals surface area contributed by atoms with Gasteiger partial charge in [0, 0.05) is 11.6 Å². The molecule has 1 aliphatic rings. The van der Waals surface area contributed by atoms with Crippen molar-refractivity contribution in [1.82, 2.24) is 4.90 Å². The zero-order valence-corrected chi connectivity index (χ0v) is 11.9. The van der Waals surface area contributed by atoms with Crippen molar-refractivity contribution < 1.29 is 14.6 Å². The van der Waals surface area contributed by atoms with E-state index in [-0.39, 0.29) is 12.5 Å². The predicted molar refractivity (Wildman–Crippen MR) is 73.4 cm³/mol.